The Balaban J connectivity index is 1.83. The third-order valence-electron chi connectivity index (χ3n) is 4.59. The Hall–Kier alpha value is -2.04. The Labute approximate surface area is 150 Å². The first-order valence-corrected chi connectivity index (χ1v) is 8.99. The van der Waals surface area contributed by atoms with Crippen LogP contribution in [0.4, 0.5) is 0 Å². The van der Waals surface area contributed by atoms with E-state index in [0.29, 0.717) is 25.6 Å². The largest absolute Gasteiger partial charge is 0.494 e. The van der Waals surface area contributed by atoms with E-state index < -0.39 is 0 Å². The maximum Gasteiger partial charge on any atom is 0.119 e. The van der Waals surface area contributed by atoms with Crippen molar-refractivity contribution in [3.05, 3.63) is 59.2 Å². The minimum Gasteiger partial charge on any atom is -0.494 e. The Morgan fingerprint density at radius 3 is 2.56 bits per heavy atom. The molecule has 2 aromatic carbocycles. The van der Waals surface area contributed by atoms with Gasteiger partial charge in [0.15, 0.2) is 0 Å². The third kappa shape index (κ3) is 4.33. The van der Waals surface area contributed by atoms with Crippen molar-refractivity contribution in [3.8, 4) is 11.5 Å². The second-order valence-corrected chi connectivity index (χ2v) is 6.54. The SMILES string of the molecule is CCOc1ccc(C2CN(C)Cc3cc(OCCCO)ccc32)cc1. The number of hydrogen-bond donors (Lipinski definition) is 1. The maximum atomic E-state index is 8.89. The lowest BCUT2D eigenvalue weighted by Gasteiger charge is -2.33. The summed E-state index contributed by atoms with van der Waals surface area (Å²) in [6.45, 7) is 5.33. The first-order valence-electron chi connectivity index (χ1n) is 8.99. The zero-order valence-electron chi connectivity index (χ0n) is 15.1. The van der Waals surface area contributed by atoms with Gasteiger partial charge >= 0.3 is 0 Å². The summed E-state index contributed by atoms with van der Waals surface area (Å²) in [7, 11) is 2.16. The van der Waals surface area contributed by atoms with E-state index in [-0.39, 0.29) is 6.61 Å². The summed E-state index contributed by atoms with van der Waals surface area (Å²) < 4.78 is 11.3. The molecule has 0 saturated carbocycles. The Morgan fingerprint density at radius 2 is 1.84 bits per heavy atom. The van der Waals surface area contributed by atoms with E-state index in [1.165, 1.54) is 16.7 Å². The van der Waals surface area contributed by atoms with E-state index in [0.717, 1.165) is 24.6 Å². The van der Waals surface area contributed by atoms with E-state index in [4.69, 9.17) is 14.6 Å². The molecule has 1 aliphatic rings. The fraction of sp³-hybridized carbons (Fsp3) is 0.429. The lowest BCUT2D eigenvalue weighted by atomic mass is 9.84. The highest BCUT2D eigenvalue weighted by molar-refractivity contribution is 5.45. The first kappa shape index (κ1) is 17.8. The Morgan fingerprint density at radius 1 is 1.08 bits per heavy atom. The second kappa shape index (κ2) is 8.37. The summed E-state index contributed by atoms with van der Waals surface area (Å²) in [4.78, 5) is 2.35. The molecule has 0 saturated heterocycles. The van der Waals surface area contributed by atoms with Crippen molar-refractivity contribution >= 4 is 0 Å². The molecular formula is C21H27NO3. The molecule has 2 aromatic rings. The lowest BCUT2D eigenvalue weighted by Crippen LogP contribution is -2.31. The predicted octanol–water partition coefficient (Wildman–Crippen LogP) is 3.42. The van der Waals surface area contributed by atoms with Gasteiger partial charge in [-0.1, -0.05) is 18.2 Å². The lowest BCUT2D eigenvalue weighted by molar-refractivity contribution is 0.233. The van der Waals surface area contributed by atoms with Crippen LogP contribution >= 0.6 is 0 Å². The van der Waals surface area contributed by atoms with Gasteiger partial charge in [-0.25, -0.2) is 0 Å². The summed E-state index contributed by atoms with van der Waals surface area (Å²) in [6.07, 6.45) is 0.659. The molecule has 0 radical (unpaired) electrons. The predicted molar refractivity (Wildman–Crippen MR) is 99.4 cm³/mol. The number of likely N-dealkylation sites (N-methyl/N-ethyl adjacent to an activating group) is 1. The van der Waals surface area contributed by atoms with Gasteiger partial charge < -0.3 is 19.5 Å². The highest BCUT2D eigenvalue weighted by Gasteiger charge is 2.25. The van der Waals surface area contributed by atoms with E-state index in [9.17, 15) is 0 Å². The molecule has 1 heterocycles. The number of nitrogens with zero attached hydrogens (tertiary/aromatic N) is 1. The molecule has 3 rings (SSSR count). The van der Waals surface area contributed by atoms with Gasteiger partial charge in [0.05, 0.1) is 13.2 Å². The molecule has 0 aromatic heterocycles. The van der Waals surface area contributed by atoms with Crippen LogP contribution in [0.15, 0.2) is 42.5 Å². The van der Waals surface area contributed by atoms with Crippen LogP contribution in [0, 0.1) is 0 Å². The van der Waals surface area contributed by atoms with Crippen LogP contribution in [0.25, 0.3) is 0 Å². The van der Waals surface area contributed by atoms with Crippen LogP contribution in [-0.2, 0) is 6.54 Å². The fourth-order valence-electron chi connectivity index (χ4n) is 3.42. The third-order valence-corrected chi connectivity index (χ3v) is 4.59. The summed E-state index contributed by atoms with van der Waals surface area (Å²) in [5.74, 6) is 2.16. The van der Waals surface area contributed by atoms with Crippen molar-refractivity contribution in [2.24, 2.45) is 0 Å². The molecule has 1 atom stereocenters. The summed E-state index contributed by atoms with van der Waals surface area (Å²) in [5, 5.41) is 8.89. The molecule has 25 heavy (non-hydrogen) atoms. The van der Waals surface area contributed by atoms with Crippen LogP contribution in [0.2, 0.25) is 0 Å². The number of aliphatic hydroxyl groups excluding tert-OH is 1. The summed E-state index contributed by atoms with van der Waals surface area (Å²) in [5.41, 5.74) is 4.00. The van der Waals surface area contributed by atoms with Crippen LogP contribution < -0.4 is 9.47 Å². The minimum atomic E-state index is 0.160. The van der Waals surface area contributed by atoms with Gasteiger partial charge in [0.2, 0.25) is 0 Å². The molecule has 4 heteroatoms. The normalized spacial score (nSPS) is 17.2. The van der Waals surface area contributed by atoms with Crippen molar-refractivity contribution < 1.29 is 14.6 Å². The van der Waals surface area contributed by atoms with Gasteiger partial charge in [0, 0.05) is 32.0 Å². The van der Waals surface area contributed by atoms with E-state index >= 15 is 0 Å². The van der Waals surface area contributed by atoms with Gasteiger partial charge in [-0.15, -0.1) is 0 Å². The minimum absolute atomic E-state index is 0.160. The summed E-state index contributed by atoms with van der Waals surface area (Å²) in [6, 6.07) is 14.8. The fourth-order valence-corrected chi connectivity index (χ4v) is 3.42. The van der Waals surface area contributed by atoms with E-state index in [1.807, 2.05) is 13.0 Å². The smallest absolute Gasteiger partial charge is 0.119 e. The summed E-state index contributed by atoms with van der Waals surface area (Å²) >= 11 is 0. The molecule has 0 amide bonds. The van der Waals surface area contributed by atoms with E-state index in [1.54, 1.807) is 0 Å². The van der Waals surface area contributed by atoms with Crippen molar-refractivity contribution in [2.45, 2.75) is 25.8 Å². The molecule has 0 bridgehead atoms. The highest BCUT2D eigenvalue weighted by atomic mass is 16.5. The number of hydrogen-bond acceptors (Lipinski definition) is 4. The number of benzene rings is 2. The molecule has 4 nitrogen and oxygen atoms in total. The zero-order chi connectivity index (χ0) is 17.6. The quantitative estimate of drug-likeness (QED) is 0.784. The first-order chi connectivity index (χ1) is 12.2. The van der Waals surface area contributed by atoms with E-state index in [2.05, 4.69) is 48.3 Å². The topological polar surface area (TPSA) is 41.9 Å². The average Bonchev–Trinajstić information content (AvgIpc) is 2.62. The van der Waals surface area contributed by atoms with Gasteiger partial charge in [-0.05, 0) is 54.9 Å². The van der Waals surface area contributed by atoms with Crippen LogP contribution in [-0.4, -0.2) is 43.4 Å². The van der Waals surface area contributed by atoms with Crippen molar-refractivity contribution in [1.82, 2.24) is 4.90 Å². The highest BCUT2D eigenvalue weighted by Crippen LogP contribution is 2.35. The number of aliphatic hydroxyl groups is 1. The molecule has 1 aliphatic heterocycles. The average molecular weight is 341 g/mol. The Kier molecular flexibility index (Phi) is 5.95. The molecule has 134 valence electrons. The standard InChI is InChI=1S/C21H27NO3/c1-3-24-18-7-5-16(6-8-18)21-15-22(2)14-17-13-19(9-10-20(17)21)25-12-4-11-23/h5-10,13,21,23H,3-4,11-12,14-15H2,1-2H3. The van der Waals surface area contributed by atoms with Crippen LogP contribution in [0.1, 0.15) is 36.0 Å². The molecule has 0 fully saturated rings. The van der Waals surface area contributed by atoms with Crippen LogP contribution in [0.3, 0.4) is 0 Å². The van der Waals surface area contributed by atoms with Gasteiger partial charge in [0.1, 0.15) is 11.5 Å². The van der Waals surface area contributed by atoms with Crippen molar-refractivity contribution in [2.75, 3.05) is 33.4 Å². The van der Waals surface area contributed by atoms with Crippen molar-refractivity contribution in [3.63, 3.8) is 0 Å². The van der Waals surface area contributed by atoms with Crippen LogP contribution in [0.5, 0.6) is 11.5 Å². The molecule has 1 N–H and O–H groups in total. The Bertz CT molecular complexity index is 684. The van der Waals surface area contributed by atoms with Gasteiger partial charge in [-0.2, -0.15) is 0 Å². The zero-order valence-corrected chi connectivity index (χ0v) is 15.1. The number of fused-ring (bicyclic) bond motifs is 1. The molecule has 0 aliphatic carbocycles. The van der Waals surface area contributed by atoms with Gasteiger partial charge in [0.25, 0.3) is 0 Å². The molecular weight excluding hydrogens is 314 g/mol. The monoisotopic (exact) mass is 341 g/mol. The molecule has 1 unspecified atom stereocenters. The number of rotatable bonds is 7. The number of ether oxygens (including phenoxy) is 2. The van der Waals surface area contributed by atoms with Gasteiger partial charge in [-0.3, -0.25) is 0 Å². The maximum absolute atomic E-state index is 8.89. The second-order valence-electron chi connectivity index (χ2n) is 6.54. The molecule has 0 spiro atoms. The van der Waals surface area contributed by atoms with Crippen molar-refractivity contribution in [1.29, 1.82) is 0 Å².